The van der Waals surface area contributed by atoms with Gasteiger partial charge in [-0.05, 0) is 55.3 Å². The summed E-state index contributed by atoms with van der Waals surface area (Å²) in [4.78, 5) is 28.6. The molecule has 3 aromatic carbocycles. The molecule has 0 saturated heterocycles. The molecule has 3 aromatic heterocycles. The highest BCUT2D eigenvalue weighted by Gasteiger charge is 2.22. The molecule has 6 aromatic rings. The van der Waals surface area contributed by atoms with Crippen molar-refractivity contribution in [2.75, 3.05) is 0 Å². The van der Waals surface area contributed by atoms with Crippen LogP contribution in [0.15, 0.2) is 77.6 Å². The maximum absolute atomic E-state index is 13.9. The van der Waals surface area contributed by atoms with Crippen LogP contribution >= 0.6 is 11.6 Å². The van der Waals surface area contributed by atoms with Crippen LogP contribution in [0.3, 0.4) is 0 Å². The second kappa shape index (κ2) is 7.78. The summed E-state index contributed by atoms with van der Waals surface area (Å²) in [6, 6.07) is 23.2. The van der Waals surface area contributed by atoms with Gasteiger partial charge in [0.25, 0.3) is 5.56 Å². The molecule has 6 nitrogen and oxygen atoms in total. The van der Waals surface area contributed by atoms with Crippen molar-refractivity contribution < 1.29 is 0 Å². The van der Waals surface area contributed by atoms with Crippen LogP contribution in [0.4, 0.5) is 0 Å². The Balaban J connectivity index is 1.73. The van der Waals surface area contributed by atoms with E-state index in [-0.39, 0.29) is 5.56 Å². The van der Waals surface area contributed by atoms with Gasteiger partial charge in [0.05, 0.1) is 23.3 Å². The monoisotopic (exact) mass is 465 g/mol. The smallest absolute Gasteiger partial charge is 0.265 e. The molecule has 0 atom stereocenters. The molecule has 166 valence electrons. The van der Waals surface area contributed by atoms with Crippen LogP contribution in [0, 0.1) is 13.8 Å². The average Bonchev–Trinajstić information content (AvgIpc) is 3.14. The van der Waals surface area contributed by atoms with E-state index in [0.29, 0.717) is 39.6 Å². The van der Waals surface area contributed by atoms with Crippen molar-refractivity contribution in [1.82, 2.24) is 24.1 Å². The van der Waals surface area contributed by atoms with Crippen molar-refractivity contribution in [3.05, 3.63) is 105 Å². The zero-order valence-electron chi connectivity index (χ0n) is 18.7. The summed E-state index contributed by atoms with van der Waals surface area (Å²) in [7, 11) is 0. The molecule has 0 amide bonds. The number of aromatic nitrogens is 5. The summed E-state index contributed by atoms with van der Waals surface area (Å²) in [5, 5.41) is 1.13. The Morgan fingerprint density at radius 2 is 1.47 bits per heavy atom. The standard InChI is InChI=1S/C27H20ClN5O/c1-16-7-3-6-10-22(16)33-25-23(24-26(33)31-21-9-5-4-8-20(21)30-24)27(34)32(17(2)29-25)15-18-11-13-19(28)14-12-18/h3-14H,15H2,1-2H3. The molecule has 0 radical (unpaired) electrons. The van der Waals surface area contributed by atoms with Gasteiger partial charge in [0.2, 0.25) is 0 Å². The fourth-order valence-electron chi connectivity index (χ4n) is 4.43. The molecule has 3 heterocycles. The lowest BCUT2D eigenvalue weighted by Gasteiger charge is -2.12. The highest BCUT2D eigenvalue weighted by Crippen LogP contribution is 2.30. The summed E-state index contributed by atoms with van der Waals surface area (Å²) in [6.45, 7) is 4.28. The van der Waals surface area contributed by atoms with Crippen molar-refractivity contribution in [2.24, 2.45) is 0 Å². The van der Waals surface area contributed by atoms with Gasteiger partial charge in [0.1, 0.15) is 16.7 Å². The summed E-state index contributed by atoms with van der Waals surface area (Å²) in [5.74, 6) is 0.620. The molecule has 0 saturated carbocycles. The van der Waals surface area contributed by atoms with Crippen LogP contribution in [-0.2, 0) is 6.54 Å². The maximum atomic E-state index is 13.9. The molecule has 0 fully saturated rings. The number of halogens is 1. The largest absolute Gasteiger partial charge is 0.292 e. The first kappa shape index (κ1) is 20.6. The van der Waals surface area contributed by atoms with Crippen molar-refractivity contribution in [1.29, 1.82) is 0 Å². The summed E-state index contributed by atoms with van der Waals surface area (Å²) >= 11 is 6.04. The van der Waals surface area contributed by atoms with Crippen LogP contribution in [0.1, 0.15) is 17.0 Å². The summed E-state index contributed by atoms with van der Waals surface area (Å²) in [6.07, 6.45) is 0. The van der Waals surface area contributed by atoms with E-state index in [4.69, 9.17) is 26.6 Å². The Bertz CT molecular complexity index is 1780. The van der Waals surface area contributed by atoms with E-state index in [0.717, 1.165) is 27.8 Å². The van der Waals surface area contributed by atoms with Crippen LogP contribution in [0.2, 0.25) is 5.02 Å². The maximum Gasteiger partial charge on any atom is 0.265 e. The third kappa shape index (κ3) is 3.18. The molecule has 34 heavy (non-hydrogen) atoms. The Kier molecular flexibility index (Phi) is 4.71. The molecule has 0 bridgehead atoms. The minimum Gasteiger partial charge on any atom is -0.292 e. The molecule has 0 aliphatic heterocycles. The molecular weight excluding hydrogens is 446 g/mol. The van der Waals surface area contributed by atoms with Gasteiger partial charge in [-0.1, -0.05) is 54.1 Å². The first-order valence-corrected chi connectivity index (χ1v) is 11.4. The van der Waals surface area contributed by atoms with Crippen LogP contribution in [0.25, 0.3) is 38.9 Å². The Hall–Kier alpha value is -4.03. The first-order chi connectivity index (χ1) is 16.5. The fourth-order valence-corrected chi connectivity index (χ4v) is 4.56. The van der Waals surface area contributed by atoms with Gasteiger partial charge < -0.3 is 0 Å². The van der Waals surface area contributed by atoms with E-state index in [2.05, 4.69) is 0 Å². The lowest BCUT2D eigenvalue weighted by Crippen LogP contribution is -2.24. The van der Waals surface area contributed by atoms with Gasteiger partial charge >= 0.3 is 0 Å². The van der Waals surface area contributed by atoms with Crippen LogP contribution < -0.4 is 5.56 Å². The number of rotatable bonds is 3. The number of benzene rings is 3. The summed E-state index contributed by atoms with van der Waals surface area (Å²) in [5.41, 5.74) is 6.06. The predicted octanol–water partition coefficient (Wildman–Crippen LogP) is 5.60. The van der Waals surface area contributed by atoms with Crippen molar-refractivity contribution in [3.8, 4) is 5.69 Å². The Labute approximate surface area is 200 Å². The highest BCUT2D eigenvalue weighted by atomic mass is 35.5. The Morgan fingerprint density at radius 1 is 0.794 bits per heavy atom. The molecular formula is C27H20ClN5O. The van der Waals surface area contributed by atoms with E-state index >= 15 is 0 Å². The molecule has 0 aliphatic rings. The lowest BCUT2D eigenvalue weighted by atomic mass is 10.2. The molecule has 6 rings (SSSR count). The van der Waals surface area contributed by atoms with Gasteiger partial charge in [-0.25, -0.2) is 15.0 Å². The van der Waals surface area contributed by atoms with Gasteiger partial charge in [-0.2, -0.15) is 0 Å². The SMILES string of the molecule is Cc1ccccc1-n1c2nc3ccccc3nc2c2c(=O)n(Cc3ccc(Cl)cc3)c(C)nc21. The van der Waals surface area contributed by atoms with Crippen molar-refractivity contribution in [3.63, 3.8) is 0 Å². The van der Waals surface area contributed by atoms with Gasteiger partial charge in [0.15, 0.2) is 11.3 Å². The van der Waals surface area contributed by atoms with Gasteiger partial charge in [-0.3, -0.25) is 13.9 Å². The number of para-hydroxylation sites is 3. The number of fused-ring (bicyclic) bond motifs is 4. The molecule has 0 N–H and O–H groups in total. The number of aryl methyl sites for hydroxylation is 2. The Morgan fingerprint density at radius 3 is 2.21 bits per heavy atom. The van der Waals surface area contributed by atoms with Crippen LogP contribution in [-0.4, -0.2) is 24.1 Å². The second-order valence-corrected chi connectivity index (χ2v) is 8.82. The zero-order valence-corrected chi connectivity index (χ0v) is 19.4. The van der Waals surface area contributed by atoms with Crippen LogP contribution in [0.5, 0.6) is 0 Å². The van der Waals surface area contributed by atoms with E-state index in [1.54, 1.807) is 4.57 Å². The molecule has 0 spiro atoms. The number of hydrogen-bond donors (Lipinski definition) is 0. The molecule has 0 unspecified atom stereocenters. The fraction of sp³-hybridized carbons (Fsp3) is 0.111. The topological polar surface area (TPSA) is 65.6 Å². The average molecular weight is 466 g/mol. The molecule has 0 aliphatic carbocycles. The van der Waals surface area contributed by atoms with E-state index in [1.807, 2.05) is 91.2 Å². The third-order valence-corrected chi connectivity index (χ3v) is 6.42. The number of nitrogens with zero attached hydrogens (tertiary/aromatic N) is 5. The van der Waals surface area contributed by atoms with E-state index < -0.39 is 0 Å². The number of hydrogen-bond acceptors (Lipinski definition) is 4. The first-order valence-electron chi connectivity index (χ1n) is 11.0. The minimum atomic E-state index is -0.139. The normalized spacial score (nSPS) is 11.6. The molecule has 7 heteroatoms. The second-order valence-electron chi connectivity index (χ2n) is 8.38. The van der Waals surface area contributed by atoms with E-state index in [1.165, 1.54) is 0 Å². The summed E-state index contributed by atoms with van der Waals surface area (Å²) < 4.78 is 3.64. The predicted molar refractivity (Wildman–Crippen MR) is 136 cm³/mol. The van der Waals surface area contributed by atoms with Crippen molar-refractivity contribution in [2.45, 2.75) is 20.4 Å². The van der Waals surface area contributed by atoms with Gasteiger partial charge in [-0.15, -0.1) is 0 Å². The van der Waals surface area contributed by atoms with Crippen molar-refractivity contribution >= 4 is 44.8 Å². The quantitative estimate of drug-likeness (QED) is 0.341. The third-order valence-electron chi connectivity index (χ3n) is 6.16. The minimum absolute atomic E-state index is 0.139. The van der Waals surface area contributed by atoms with Gasteiger partial charge in [0, 0.05) is 5.02 Å². The highest BCUT2D eigenvalue weighted by molar-refractivity contribution is 6.30. The van der Waals surface area contributed by atoms with E-state index in [9.17, 15) is 4.79 Å². The zero-order chi connectivity index (χ0) is 23.4. The lowest BCUT2D eigenvalue weighted by molar-refractivity contribution is 0.711.